The fraction of sp³-hybridized carbons (Fsp3) is 0.750. The number of nitrogens with one attached hydrogen (secondary N) is 1. The van der Waals surface area contributed by atoms with Gasteiger partial charge in [-0.25, -0.2) is 0 Å². The van der Waals surface area contributed by atoms with E-state index in [2.05, 4.69) is 11.9 Å². The predicted octanol–water partition coefficient (Wildman–Crippen LogP) is 0.647. The molecule has 1 atom stereocenters. The number of hydrogen-bond acceptors (Lipinski definition) is 3. The molecule has 0 aromatic heterocycles. The largest absolute Gasteiger partial charge is 0.384 e. The average Bonchev–Trinajstić information content (AvgIpc) is 2.30. The van der Waals surface area contributed by atoms with E-state index >= 15 is 0 Å². The van der Waals surface area contributed by atoms with Crippen LogP contribution in [-0.4, -0.2) is 50.7 Å². The Morgan fingerprint density at radius 1 is 1.69 bits per heavy atom. The maximum atomic E-state index is 11.8. The highest BCUT2D eigenvalue weighted by atomic mass is 16.5. The zero-order valence-corrected chi connectivity index (χ0v) is 10.1. The maximum Gasteiger partial charge on any atom is 0.236 e. The van der Waals surface area contributed by atoms with E-state index in [0.717, 1.165) is 32.5 Å². The number of amides is 1. The second-order valence-corrected chi connectivity index (χ2v) is 4.22. The van der Waals surface area contributed by atoms with Gasteiger partial charge in [-0.1, -0.05) is 6.08 Å². The second-order valence-electron chi connectivity index (χ2n) is 4.22. The highest BCUT2D eigenvalue weighted by molar-refractivity contribution is 5.78. The van der Waals surface area contributed by atoms with E-state index in [9.17, 15) is 4.79 Å². The van der Waals surface area contributed by atoms with Gasteiger partial charge >= 0.3 is 0 Å². The number of nitrogens with zero attached hydrogens (tertiary/aromatic N) is 1. The first-order valence-electron chi connectivity index (χ1n) is 5.86. The number of likely N-dealkylation sites (tertiary alicyclic amines) is 1. The van der Waals surface area contributed by atoms with Crippen molar-refractivity contribution in [2.75, 3.05) is 39.9 Å². The van der Waals surface area contributed by atoms with Crippen LogP contribution in [0.25, 0.3) is 0 Å². The van der Waals surface area contributed by atoms with Crippen molar-refractivity contribution >= 4 is 5.91 Å². The zero-order chi connectivity index (χ0) is 11.8. The molecule has 1 aliphatic rings. The summed E-state index contributed by atoms with van der Waals surface area (Å²) in [6, 6.07) is 0. The smallest absolute Gasteiger partial charge is 0.236 e. The van der Waals surface area contributed by atoms with E-state index in [0.29, 0.717) is 19.0 Å². The monoisotopic (exact) mass is 226 g/mol. The third kappa shape index (κ3) is 4.33. The molecule has 4 heteroatoms. The second kappa shape index (κ2) is 7.41. The fourth-order valence-corrected chi connectivity index (χ4v) is 2.06. The minimum Gasteiger partial charge on any atom is -0.384 e. The average molecular weight is 226 g/mol. The van der Waals surface area contributed by atoms with Crippen LogP contribution in [0, 0.1) is 5.92 Å². The molecule has 0 bridgehead atoms. The molecule has 0 aromatic rings. The van der Waals surface area contributed by atoms with Crippen molar-refractivity contribution in [3.05, 3.63) is 12.7 Å². The molecule has 1 N–H and O–H groups in total. The van der Waals surface area contributed by atoms with Crippen molar-refractivity contribution in [2.24, 2.45) is 5.92 Å². The highest BCUT2D eigenvalue weighted by Gasteiger charge is 2.22. The molecule has 1 unspecified atom stereocenters. The first-order valence-corrected chi connectivity index (χ1v) is 5.86. The van der Waals surface area contributed by atoms with Crippen LogP contribution in [0.3, 0.4) is 0 Å². The van der Waals surface area contributed by atoms with Gasteiger partial charge in [0.2, 0.25) is 5.91 Å². The van der Waals surface area contributed by atoms with Gasteiger partial charge < -0.3 is 15.0 Å². The van der Waals surface area contributed by atoms with Crippen LogP contribution < -0.4 is 5.32 Å². The van der Waals surface area contributed by atoms with Crippen molar-refractivity contribution < 1.29 is 9.53 Å². The lowest BCUT2D eigenvalue weighted by molar-refractivity contribution is -0.132. The maximum absolute atomic E-state index is 11.8. The molecule has 0 aliphatic carbocycles. The summed E-state index contributed by atoms with van der Waals surface area (Å²) in [4.78, 5) is 13.7. The lowest BCUT2D eigenvalue weighted by Gasteiger charge is -2.32. The molecular formula is C12H22N2O2. The van der Waals surface area contributed by atoms with Crippen molar-refractivity contribution in [1.29, 1.82) is 0 Å². The number of carbonyl (C=O) groups is 1. The number of methoxy groups -OCH3 is 1. The van der Waals surface area contributed by atoms with Gasteiger partial charge in [-0.3, -0.25) is 4.79 Å². The van der Waals surface area contributed by atoms with Crippen LogP contribution in [0.1, 0.15) is 12.8 Å². The fourth-order valence-electron chi connectivity index (χ4n) is 2.06. The SMILES string of the molecule is C=CCNCC(=O)N1CCCC(COC)C1. The van der Waals surface area contributed by atoms with E-state index in [-0.39, 0.29) is 5.91 Å². The van der Waals surface area contributed by atoms with Crippen molar-refractivity contribution in [1.82, 2.24) is 10.2 Å². The molecule has 0 radical (unpaired) electrons. The number of rotatable bonds is 6. The molecule has 4 nitrogen and oxygen atoms in total. The minimum absolute atomic E-state index is 0.183. The minimum atomic E-state index is 0.183. The van der Waals surface area contributed by atoms with Gasteiger partial charge in [0.05, 0.1) is 13.2 Å². The molecule has 1 aliphatic heterocycles. The molecule has 0 saturated carbocycles. The first-order chi connectivity index (χ1) is 7.77. The summed E-state index contributed by atoms with van der Waals surface area (Å²) in [5, 5.41) is 3.04. The molecule has 0 aromatic carbocycles. The molecule has 1 saturated heterocycles. The molecule has 1 rings (SSSR count). The summed E-state index contributed by atoms with van der Waals surface area (Å²) in [7, 11) is 1.71. The van der Waals surface area contributed by atoms with Gasteiger partial charge in [-0.15, -0.1) is 6.58 Å². The van der Waals surface area contributed by atoms with E-state index in [1.165, 1.54) is 0 Å². The summed E-state index contributed by atoms with van der Waals surface area (Å²) >= 11 is 0. The van der Waals surface area contributed by atoms with Crippen LogP contribution in [0.4, 0.5) is 0 Å². The predicted molar refractivity (Wildman–Crippen MR) is 64.2 cm³/mol. The van der Waals surface area contributed by atoms with Crippen molar-refractivity contribution in [2.45, 2.75) is 12.8 Å². The van der Waals surface area contributed by atoms with E-state index in [1.807, 2.05) is 4.90 Å². The molecular weight excluding hydrogens is 204 g/mol. The van der Waals surface area contributed by atoms with Gasteiger partial charge in [-0.05, 0) is 18.8 Å². The first kappa shape index (κ1) is 13.2. The Balaban J connectivity index is 2.28. The molecule has 1 amide bonds. The Labute approximate surface area is 97.6 Å². The van der Waals surface area contributed by atoms with Crippen molar-refractivity contribution in [3.8, 4) is 0 Å². The van der Waals surface area contributed by atoms with E-state index in [1.54, 1.807) is 13.2 Å². The van der Waals surface area contributed by atoms with Gasteiger partial charge in [0.25, 0.3) is 0 Å². The summed E-state index contributed by atoms with van der Waals surface area (Å²) in [5.74, 6) is 0.685. The Morgan fingerprint density at radius 3 is 3.19 bits per heavy atom. The standard InChI is InChI=1S/C12H22N2O2/c1-3-6-13-8-12(15)14-7-4-5-11(9-14)10-16-2/h3,11,13H,1,4-10H2,2H3. The summed E-state index contributed by atoms with van der Waals surface area (Å²) < 4.78 is 5.14. The Bertz CT molecular complexity index is 229. The Hall–Kier alpha value is -0.870. The van der Waals surface area contributed by atoms with Crippen LogP contribution in [-0.2, 0) is 9.53 Å². The third-order valence-electron chi connectivity index (χ3n) is 2.84. The van der Waals surface area contributed by atoms with Crippen LogP contribution in [0.15, 0.2) is 12.7 Å². The normalized spacial score (nSPS) is 20.8. The highest BCUT2D eigenvalue weighted by Crippen LogP contribution is 2.16. The number of hydrogen-bond donors (Lipinski definition) is 1. The van der Waals surface area contributed by atoms with E-state index in [4.69, 9.17) is 4.74 Å². The molecule has 1 heterocycles. The molecule has 16 heavy (non-hydrogen) atoms. The Morgan fingerprint density at radius 2 is 2.50 bits per heavy atom. The van der Waals surface area contributed by atoms with Gasteiger partial charge in [0.15, 0.2) is 0 Å². The summed E-state index contributed by atoms with van der Waals surface area (Å²) in [5.41, 5.74) is 0. The van der Waals surface area contributed by atoms with Crippen molar-refractivity contribution in [3.63, 3.8) is 0 Å². The Kier molecular flexibility index (Phi) is 6.11. The molecule has 92 valence electrons. The van der Waals surface area contributed by atoms with E-state index < -0.39 is 0 Å². The molecule has 1 fully saturated rings. The molecule has 0 spiro atoms. The zero-order valence-electron chi connectivity index (χ0n) is 10.1. The quantitative estimate of drug-likeness (QED) is 0.534. The third-order valence-corrected chi connectivity index (χ3v) is 2.84. The topological polar surface area (TPSA) is 41.6 Å². The van der Waals surface area contributed by atoms with Crippen LogP contribution in [0.2, 0.25) is 0 Å². The van der Waals surface area contributed by atoms with Crippen LogP contribution in [0.5, 0.6) is 0 Å². The summed E-state index contributed by atoms with van der Waals surface area (Å²) in [6.07, 6.45) is 4.01. The van der Waals surface area contributed by atoms with Gasteiger partial charge in [-0.2, -0.15) is 0 Å². The lowest BCUT2D eigenvalue weighted by Crippen LogP contribution is -2.44. The van der Waals surface area contributed by atoms with Gasteiger partial charge in [0.1, 0.15) is 0 Å². The number of carbonyl (C=O) groups excluding carboxylic acids is 1. The summed E-state index contributed by atoms with van der Waals surface area (Å²) in [6.45, 7) is 7.17. The number of piperidine rings is 1. The lowest BCUT2D eigenvalue weighted by atomic mass is 9.99. The number of ether oxygens (including phenoxy) is 1. The van der Waals surface area contributed by atoms with Crippen LogP contribution >= 0.6 is 0 Å². The van der Waals surface area contributed by atoms with Gasteiger partial charge in [0, 0.05) is 26.7 Å².